The SMILES string of the molecule is CCC(C)N(CC(=O)O)C(=O)C1CSc2ccccc21. The van der Waals surface area contributed by atoms with Crippen molar-refractivity contribution in [2.24, 2.45) is 0 Å². The summed E-state index contributed by atoms with van der Waals surface area (Å²) in [4.78, 5) is 26.3. The maximum absolute atomic E-state index is 12.7. The maximum atomic E-state index is 12.7. The lowest BCUT2D eigenvalue weighted by molar-refractivity contribution is -0.146. The summed E-state index contributed by atoms with van der Waals surface area (Å²) >= 11 is 1.66. The molecule has 1 amide bonds. The van der Waals surface area contributed by atoms with Crippen LogP contribution in [-0.2, 0) is 9.59 Å². The minimum Gasteiger partial charge on any atom is -0.480 e. The molecule has 5 heteroatoms. The van der Waals surface area contributed by atoms with E-state index in [2.05, 4.69) is 0 Å². The van der Waals surface area contributed by atoms with E-state index in [9.17, 15) is 9.59 Å². The summed E-state index contributed by atoms with van der Waals surface area (Å²) in [5.74, 6) is -0.550. The summed E-state index contributed by atoms with van der Waals surface area (Å²) in [6, 6.07) is 7.81. The maximum Gasteiger partial charge on any atom is 0.323 e. The number of carbonyl (C=O) groups excluding carboxylic acids is 1. The van der Waals surface area contributed by atoms with Crippen LogP contribution in [0.15, 0.2) is 29.2 Å². The fraction of sp³-hybridized carbons (Fsp3) is 0.467. The quantitative estimate of drug-likeness (QED) is 0.906. The van der Waals surface area contributed by atoms with Crippen LogP contribution in [0.2, 0.25) is 0 Å². The first-order chi connectivity index (χ1) is 9.54. The molecule has 0 spiro atoms. The number of amides is 1. The van der Waals surface area contributed by atoms with E-state index in [-0.39, 0.29) is 24.4 Å². The molecular formula is C15H19NO3S. The number of fused-ring (bicyclic) bond motifs is 1. The number of carbonyl (C=O) groups is 2. The second kappa shape index (κ2) is 6.31. The van der Waals surface area contributed by atoms with Crippen LogP contribution in [-0.4, -0.2) is 40.2 Å². The highest BCUT2D eigenvalue weighted by molar-refractivity contribution is 7.99. The molecule has 1 aliphatic heterocycles. The van der Waals surface area contributed by atoms with Gasteiger partial charge in [0.25, 0.3) is 0 Å². The van der Waals surface area contributed by atoms with E-state index in [1.165, 1.54) is 4.90 Å². The average molecular weight is 293 g/mol. The summed E-state index contributed by atoms with van der Waals surface area (Å²) in [6.45, 7) is 3.64. The van der Waals surface area contributed by atoms with Gasteiger partial charge in [-0.3, -0.25) is 9.59 Å². The van der Waals surface area contributed by atoms with E-state index in [1.807, 2.05) is 38.1 Å². The smallest absolute Gasteiger partial charge is 0.323 e. The second-order valence-electron chi connectivity index (χ2n) is 5.02. The van der Waals surface area contributed by atoms with Gasteiger partial charge in [0.1, 0.15) is 6.54 Å². The molecule has 0 fully saturated rings. The number of carboxylic acid groups (broad SMARTS) is 1. The van der Waals surface area contributed by atoms with Gasteiger partial charge in [-0.25, -0.2) is 0 Å². The molecule has 108 valence electrons. The van der Waals surface area contributed by atoms with Crippen LogP contribution in [0.5, 0.6) is 0 Å². The molecule has 1 heterocycles. The fourth-order valence-corrected chi connectivity index (χ4v) is 3.60. The zero-order valence-electron chi connectivity index (χ0n) is 11.7. The highest BCUT2D eigenvalue weighted by Gasteiger charge is 2.34. The minimum absolute atomic E-state index is 0.0589. The predicted molar refractivity (Wildman–Crippen MR) is 79.0 cm³/mol. The number of hydrogen-bond acceptors (Lipinski definition) is 3. The Hall–Kier alpha value is -1.49. The molecule has 1 N–H and O–H groups in total. The van der Waals surface area contributed by atoms with E-state index >= 15 is 0 Å². The number of hydrogen-bond donors (Lipinski definition) is 1. The van der Waals surface area contributed by atoms with Crippen LogP contribution < -0.4 is 0 Å². The van der Waals surface area contributed by atoms with Gasteiger partial charge in [0, 0.05) is 16.7 Å². The molecule has 0 saturated carbocycles. The minimum atomic E-state index is -0.961. The first kappa shape index (κ1) is 14.9. The van der Waals surface area contributed by atoms with Gasteiger partial charge in [-0.1, -0.05) is 25.1 Å². The lowest BCUT2D eigenvalue weighted by Gasteiger charge is -2.29. The van der Waals surface area contributed by atoms with E-state index in [1.54, 1.807) is 11.8 Å². The Labute approximate surface area is 123 Å². The van der Waals surface area contributed by atoms with Crippen molar-refractivity contribution in [1.29, 1.82) is 0 Å². The first-order valence-electron chi connectivity index (χ1n) is 6.78. The first-order valence-corrected chi connectivity index (χ1v) is 7.77. The number of nitrogens with zero attached hydrogens (tertiary/aromatic N) is 1. The lowest BCUT2D eigenvalue weighted by atomic mass is 9.99. The number of aliphatic carboxylic acids is 1. The number of carboxylic acids is 1. The van der Waals surface area contributed by atoms with Crippen molar-refractivity contribution < 1.29 is 14.7 Å². The number of thioether (sulfide) groups is 1. The van der Waals surface area contributed by atoms with Crippen LogP contribution in [0, 0.1) is 0 Å². The molecule has 2 atom stereocenters. The zero-order valence-corrected chi connectivity index (χ0v) is 12.5. The molecule has 4 nitrogen and oxygen atoms in total. The third-order valence-corrected chi connectivity index (χ3v) is 4.89. The summed E-state index contributed by atoms with van der Waals surface area (Å²) in [7, 11) is 0. The molecule has 0 saturated heterocycles. The van der Waals surface area contributed by atoms with Gasteiger partial charge < -0.3 is 10.0 Å². The van der Waals surface area contributed by atoms with Gasteiger partial charge in [0.05, 0.1) is 5.92 Å². The van der Waals surface area contributed by atoms with E-state index in [0.29, 0.717) is 5.75 Å². The van der Waals surface area contributed by atoms with Gasteiger partial charge >= 0.3 is 5.97 Å². The van der Waals surface area contributed by atoms with E-state index in [4.69, 9.17) is 5.11 Å². The Bertz CT molecular complexity index is 518. The molecule has 1 aliphatic rings. The topological polar surface area (TPSA) is 57.6 Å². The van der Waals surface area contributed by atoms with Gasteiger partial charge in [-0.05, 0) is 25.0 Å². The van der Waals surface area contributed by atoms with Crippen LogP contribution in [0.1, 0.15) is 31.7 Å². The fourth-order valence-electron chi connectivity index (χ4n) is 2.38. The van der Waals surface area contributed by atoms with Crippen molar-refractivity contribution >= 4 is 23.6 Å². The molecule has 2 rings (SSSR count). The van der Waals surface area contributed by atoms with Crippen molar-refractivity contribution in [3.63, 3.8) is 0 Å². The molecule has 0 radical (unpaired) electrons. The molecule has 1 aromatic rings. The van der Waals surface area contributed by atoms with E-state index < -0.39 is 5.97 Å². The summed E-state index contributed by atoms with van der Waals surface area (Å²) in [6.07, 6.45) is 0.751. The Morgan fingerprint density at radius 3 is 2.80 bits per heavy atom. The Balaban J connectivity index is 2.22. The third-order valence-electron chi connectivity index (χ3n) is 3.71. The van der Waals surface area contributed by atoms with Crippen LogP contribution >= 0.6 is 11.8 Å². The molecule has 0 bridgehead atoms. The average Bonchev–Trinajstić information content (AvgIpc) is 2.87. The van der Waals surface area contributed by atoms with Crippen molar-refractivity contribution in [2.45, 2.75) is 37.1 Å². The van der Waals surface area contributed by atoms with Crippen molar-refractivity contribution in [3.8, 4) is 0 Å². The summed E-state index contributed by atoms with van der Waals surface area (Å²) in [5.41, 5.74) is 1.03. The van der Waals surface area contributed by atoms with Gasteiger partial charge in [0.15, 0.2) is 0 Å². The van der Waals surface area contributed by atoms with Crippen LogP contribution in [0.4, 0.5) is 0 Å². The normalized spacial score (nSPS) is 18.4. The van der Waals surface area contributed by atoms with Crippen molar-refractivity contribution in [3.05, 3.63) is 29.8 Å². The highest BCUT2D eigenvalue weighted by Crippen LogP contribution is 2.40. The van der Waals surface area contributed by atoms with Crippen molar-refractivity contribution in [2.75, 3.05) is 12.3 Å². The standard InChI is InChI=1S/C15H19NO3S/c1-3-10(2)16(8-14(17)18)15(19)12-9-20-13-7-5-4-6-11(12)13/h4-7,10,12H,3,8-9H2,1-2H3,(H,17,18). The third kappa shape index (κ3) is 2.98. The molecule has 0 aromatic heterocycles. The van der Waals surface area contributed by atoms with Crippen LogP contribution in [0.3, 0.4) is 0 Å². The lowest BCUT2D eigenvalue weighted by Crippen LogP contribution is -2.44. The van der Waals surface area contributed by atoms with E-state index in [0.717, 1.165) is 16.9 Å². The molecule has 2 unspecified atom stereocenters. The Kier molecular flexibility index (Phi) is 4.70. The van der Waals surface area contributed by atoms with Crippen molar-refractivity contribution in [1.82, 2.24) is 4.90 Å². The number of benzene rings is 1. The Morgan fingerprint density at radius 2 is 2.15 bits per heavy atom. The number of rotatable bonds is 5. The Morgan fingerprint density at radius 1 is 1.45 bits per heavy atom. The second-order valence-corrected chi connectivity index (χ2v) is 6.08. The van der Waals surface area contributed by atoms with Gasteiger partial charge in [0.2, 0.25) is 5.91 Å². The van der Waals surface area contributed by atoms with Gasteiger partial charge in [-0.2, -0.15) is 0 Å². The van der Waals surface area contributed by atoms with Gasteiger partial charge in [-0.15, -0.1) is 11.8 Å². The molecule has 20 heavy (non-hydrogen) atoms. The molecule has 1 aromatic carbocycles. The monoisotopic (exact) mass is 293 g/mol. The molecular weight excluding hydrogens is 274 g/mol. The summed E-state index contributed by atoms with van der Waals surface area (Å²) < 4.78 is 0. The van der Waals surface area contributed by atoms with Crippen LogP contribution in [0.25, 0.3) is 0 Å². The molecule has 0 aliphatic carbocycles. The largest absolute Gasteiger partial charge is 0.480 e. The predicted octanol–water partition coefficient (Wildman–Crippen LogP) is 2.59. The summed E-state index contributed by atoms with van der Waals surface area (Å²) in [5, 5.41) is 9.02. The zero-order chi connectivity index (χ0) is 14.7. The highest BCUT2D eigenvalue weighted by atomic mass is 32.2.